The lowest BCUT2D eigenvalue weighted by molar-refractivity contribution is -0.121. The molecular weight excluding hydrogens is 128 g/mol. The van der Waals surface area contributed by atoms with E-state index in [1.165, 1.54) is 12.8 Å². The Morgan fingerprint density at radius 1 is 1.50 bits per heavy atom. The van der Waals surface area contributed by atoms with Crippen LogP contribution in [0.2, 0.25) is 0 Å². The van der Waals surface area contributed by atoms with Crippen LogP contribution in [0.1, 0.15) is 12.8 Å². The number of rotatable bonds is 0. The van der Waals surface area contributed by atoms with Gasteiger partial charge in [-0.15, -0.1) is 0 Å². The van der Waals surface area contributed by atoms with Crippen molar-refractivity contribution in [3.05, 3.63) is 0 Å². The Balaban J connectivity index is 2.08. The zero-order valence-electron chi connectivity index (χ0n) is 5.89. The third-order valence-electron chi connectivity index (χ3n) is 2.41. The molecule has 0 aromatic rings. The number of carbonyl (C=O) groups is 1. The van der Waals surface area contributed by atoms with Crippen molar-refractivity contribution in [1.29, 1.82) is 0 Å². The summed E-state index contributed by atoms with van der Waals surface area (Å²) in [6, 6.07) is 0.133. The maximum absolute atomic E-state index is 11.0. The molecule has 2 rings (SSSR count). The SMILES string of the molecule is O=C1NC[C@@H]2CCCN[C@@H]12. The summed E-state index contributed by atoms with van der Waals surface area (Å²) in [6.45, 7) is 1.89. The zero-order chi connectivity index (χ0) is 6.97. The van der Waals surface area contributed by atoms with Gasteiger partial charge in [0.05, 0.1) is 6.04 Å². The highest BCUT2D eigenvalue weighted by atomic mass is 16.2. The van der Waals surface area contributed by atoms with E-state index >= 15 is 0 Å². The summed E-state index contributed by atoms with van der Waals surface area (Å²) >= 11 is 0. The molecule has 0 aliphatic carbocycles. The van der Waals surface area contributed by atoms with Crippen LogP contribution in [0.25, 0.3) is 0 Å². The first-order chi connectivity index (χ1) is 4.88. The molecule has 0 bridgehead atoms. The van der Waals surface area contributed by atoms with E-state index in [0.29, 0.717) is 5.92 Å². The number of piperidine rings is 1. The molecule has 2 fully saturated rings. The Labute approximate surface area is 60.2 Å². The van der Waals surface area contributed by atoms with Crippen LogP contribution in [-0.4, -0.2) is 25.0 Å². The maximum atomic E-state index is 11.0. The lowest BCUT2D eigenvalue weighted by Crippen LogP contribution is -2.43. The van der Waals surface area contributed by atoms with Crippen molar-refractivity contribution in [3.63, 3.8) is 0 Å². The molecule has 0 spiro atoms. The van der Waals surface area contributed by atoms with Crippen molar-refractivity contribution in [1.82, 2.24) is 10.6 Å². The first kappa shape index (κ1) is 6.16. The molecule has 3 nitrogen and oxygen atoms in total. The Bertz CT molecular complexity index is 158. The van der Waals surface area contributed by atoms with Crippen molar-refractivity contribution in [2.24, 2.45) is 5.92 Å². The average molecular weight is 140 g/mol. The van der Waals surface area contributed by atoms with Gasteiger partial charge in [0.15, 0.2) is 0 Å². The monoisotopic (exact) mass is 140 g/mol. The predicted octanol–water partition coefficient (Wildman–Crippen LogP) is -0.516. The standard InChI is InChI=1S/C7H12N2O/c10-7-6-5(4-9-7)2-1-3-8-6/h5-6,8H,1-4H2,(H,9,10)/t5-,6+/m0/s1. The second kappa shape index (κ2) is 2.23. The summed E-state index contributed by atoms with van der Waals surface area (Å²) in [5.74, 6) is 0.769. The highest BCUT2D eigenvalue weighted by Gasteiger charge is 2.35. The third kappa shape index (κ3) is 0.814. The molecule has 3 heteroatoms. The van der Waals surface area contributed by atoms with Crippen LogP contribution in [0, 0.1) is 5.92 Å². The van der Waals surface area contributed by atoms with Crippen molar-refractivity contribution in [2.75, 3.05) is 13.1 Å². The molecule has 10 heavy (non-hydrogen) atoms. The predicted molar refractivity (Wildman–Crippen MR) is 37.5 cm³/mol. The van der Waals surface area contributed by atoms with Gasteiger partial charge in [0.25, 0.3) is 0 Å². The van der Waals surface area contributed by atoms with E-state index in [4.69, 9.17) is 0 Å². The van der Waals surface area contributed by atoms with Gasteiger partial charge in [0.1, 0.15) is 0 Å². The minimum absolute atomic E-state index is 0.133. The van der Waals surface area contributed by atoms with Gasteiger partial charge in [-0.25, -0.2) is 0 Å². The first-order valence-electron chi connectivity index (χ1n) is 3.89. The van der Waals surface area contributed by atoms with E-state index in [0.717, 1.165) is 13.1 Å². The largest absolute Gasteiger partial charge is 0.354 e. The van der Waals surface area contributed by atoms with E-state index < -0.39 is 0 Å². The Kier molecular flexibility index (Phi) is 1.38. The van der Waals surface area contributed by atoms with Gasteiger partial charge in [-0.3, -0.25) is 4.79 Å². The van der Waals surface area contributed by atoms with Gasteiger partial charge in [-0.05, 0) is 19.4 Å². The van der Waals surface area contributed by atoms with Crippen LogP contribution in [0.5, 0.6) is 0 Å². The van der Waals surface area contributed by atoms with Crippen molar-refractivity contribution >= 4 is 5.91 Å². The molecule has 2 N–H and O–H groups in total. The summed E-state index contributed by atoms with van der Waals surface area (Å²) in [5.41, 5.74) is 0. The van der Waals surface area contributed by atoms with Crippen molar-refractivity contribution in [2.45, 2.75) is 18.9 Å². The molecule has 2 aliphatic heterocycles. The molecule has 2 atom stereocenters. The van der Waals surface area contributed by atoms with Crippen LogP contribution in [0.4, 0.5) is 0 Å². The molecule has 56 valence electrons. The zero-order valence-corrected chi connectivity index (χ0v) is 5.89. The number of amides is 1. The van der Waals surface area contributed by atoms with Crippen molar-refractivity contribution in [3.8, 4) is 0 Å². The molecule has 2 aliphatic rings. The van der Waals surface area contributed by atoms with Gasteiger partial charge in [-0.2, -0.15) is 0 Å². The lowest BCUT2D eigenvalue weighted by atomic mass is 9.94. The topological polar surface area (TPSA) is 41.1 Å². The van der Waals surface area contributed by atoms with E-state index in [1.54, 1.807) is 0 Å². The number of nitrogens with one attached hydrogen (secondary N) is 2. The Hall–Kier alpha value is -0.570. The maximum Gasteiger partial charge on any atom is 0.237 e. The fraction of sp³-hybridized carbons (Fsp3) is 0.857. The second-order valence-corrected chi connectivity index (χ2v) is 3.08. The molecule has 2 saturated heterocycles. The molecule has 0 radical (unpaired) electrons. The fourth-order valence-corrected chi connectivity index (χ4v) is 1.82. The van der Waals surface area contributed by atoms with Crippen LogP contribution in [-0.2, 0) is 4.79 Å². The van der Waals surface area contributed by atoms with E-state index in [-0.39, 0.29) is 11.9 Å². The van der Waals surface area contributed by atoms with Gasteiger partial charge in [0, 0.05) is 12.5 Å². The number of fused-ring (bicyclic) bond motifs is 1. The summed E-state index contributed by atoms with van der Waals surface area (Å²) in [4.78, 5) is 11.0. The summed E-state index contributed by atoms with van der Waals surface area (Å²) < 4.78 is 0. The number of hydrogen-bond donors (Lipinski definition) is 2. The number of carbonyl (C=O) groups excluding carboxylic acids is 1. The molecule has 0 aromatic carbocycles. The number of hydrogen-bond acceptors (Lipinski definition) is 2. The lowest BCUT2D eigenvalue weighted by Gasteiger charge is -2.23. The quantitative estimate of drug-likeness (QED) is 0.475. The molecule has 2 heterocycles. The van der Waals surface area contributed by atoms with Crippen LogP contribution in [0.3, 0.4) is 0 Å². The van der Waals surface area contributed by atoms with E-state index in [9.17, 15) is 4.79 Å². The van der Waals surface area contributed by atoms with Crippen LogP contribution in [0.15, 0.2) is 0 Å². The molecule has 0 unspecified atom stereocenters. The Morgan fingerprint density at radius 2 is 2.40 bits per heavy atom. The Morgan fingerprint density at radius 3 is 3.20 bits per heavy atom. The molecule has 0 saturated carbocycles. The minimum atomic E-state index is 0.133. The first-order valence-corrected chi connectivity index (χ1v) is 3.89. The second-order valence-electron chi connectivity index (χ2n) is 3.08. The van der Waals surface area contributed by atoms with E-state index in [1.807, 2.05) is 0 Å². The fourth-order valence-electron chi connectivity index (χ4n) is 1.82. The molecular formula is C7H12N2O. The summed E-state index contributed by atoms with van der Waals surface area (Å²) in [5, 5.41) is 6.08. The van der Waals surface area contributed by atoms with Gasteiger partial charge in [-0.1, -0.05) is 0 Å². The highest BCUT2D eigenvalue weighted by Crippen LogP contribution is 2.19. The summed E-state index contributed by atoms with van der Waals surface area (Å²) in [7, 11) is 0. The third-order valence-corrected chi connectivity index (χ3v) is 2.41. The van der Waals surface area contributed by atoms with E-state index in [2.05, 4.69) is 10.6 Å². The highest BCUT2D eigenvalue weighted by molar-refractivity contribution is 5.84. The van der Waals surface area contributed by atoms with Crippen LogP contribution >= 0.6 is 0 Å². The molecule has 1 amide bonds. The van der Waals surface area contributed by atoms with Crippen molar-refractivity contribution < 1.29 is 4.79 Å². The van der Waals surface area contributed by atoms with Gasteiger partial charge < -0.3 is 10.6 Å². The summed E-state index contributed by atoms with van der Waals surface area (Å²) in [6.07, 6.45) is 2.42. The van der Waals surface area contributed by atoms with Gasteiger partial charge >= 0.3 is 0 Å². The average Bonchev–Trinajstić information content (AvgIpc) is 2.34. The van der Waals surface area contributed by atoms with Crippen LogP contribution < -0.4 is 10.6 Å². The normalized spacial score (nSPS) is 39.0. The smallest absolute Gasteiger partial charge is 0.237 e. The minimum Gasteiger partial charge on any atom is -0.354 e. The van der Waals surface area contributed by atoms with Gasteiger partial charge in [0.2, 0.25) is 5.91 Å². The molecule has 0 aromatic heterocycles.